The predicted molar refractivity (Wildman–Crippen MR) is 123 cm³/mol. The average molecular weight is 410 g/mol. The smallest absolute Gasteiger partial charge is 0.141 e. The lowest BCUT2D eigenvalue weighted by molar-refractivity contribution is 0.306. The first-order valence-corrected chi connectivity index (χ1v) is 10.6. The van der Waals surface area contributed by atoms with E-state index >= 15 is 0 Å². The Labute approximate surface area is 178 Å². The maximum absolute atomic E-state index is 5.87. The molecule has 0 aliphatic rings. The van der Waals surface area contributed by atoms with E-state index in [0.29, 0.717) is 6.61 Å². The molecule has 0 saturated heterocycles. The number of hydrogen-bond acceptors (Lipinski definition) is 5. The molecule has 0 aliphatic heterocycles. The Bertz CT molecular complexity index is 1250. The van der Waals surface area contributed by atoms with E-state index in [4.69, 9.17) is 4.74 Å². The van der Waals surface area contributed by atoms with Gasteiger partial charge in [-0.1, -0.05) is 42.5 Å². The highest BCUT2D eigenvalue weighted by Gasteiger charge is 2.07. The van der Waals surface area contributed by atoms with Gasteiger partial charge in [-0.3, -0.25) is 0 Å². The summed E-state index contributed by atoms with van der Waals surface area (Å²) in [5.74, 6) is 1.62. The van der Waals surface area contributed by atoms with Crippen LogP contribution in [0.1, 0.15) is 5.56 Å². The third kappa shape index (κ3) is 4.02. The van der Waals surface area contributed by atoms with Gasteiger partial charge in [-0.2, -0.15) is 0 Å². The van der Waals surface area contributed by atoms with E-state index in [2.05, 4.69) is 57.1 Å². The number of aromatic nitrogens is 2. The number of hydrogen-bond donors (Lipinski definition) is 1. The molecule has 30 heavy (non-hydrogen) atoms. The van der Waals surface area contributed by atoms with Gasteiger partial charge in [0, 0.05) is 16.0 Å². The van der Waals surface area contributed by atoms with Gasteiger partial charge >= 0.3 is 0 Å². The first-order valence-electron chi connectivity index (χ1n) is 9.68. The van der Waals surface area contributed by atoms with E-state index in [1.54, 1.807) is 17.7 Å². The van der Waals surface area contributed by atoms with Gasteiger partial charge in [0.1, 0.15) is 24.5 Å². The van der Waals surface area contributed by atoms with Gasteiger partial charge in [0.05, 0.1) is 5.52 Å². The Balaban J connectivity index is 1.35. The monoisotopic (exact) mass is 409 g/mol. The number of anilines is 2. The van der Waals surface area contributed by atoms with Gasteiger partial charge in [0.25, 0.3) is 0 Å². The summed E-state index contributed by atoms with van der Waals surface area (Å²) in [5.41, 5.74) is 4.17. The molecule has 0 aliphatic carbocycles. The number of thiophene rings is 1. The van der Waals surface area contributed by atoms with E-state index in [0.717, 1.165) is 33.7 Å². The van der Waals surface area contributed by atoms with Crippen molar-refractivity contribution in [1.29, 1.82) is 0 Å². The van der Waals surface area contributed by atoms with Crippen LogP contribution in [-0.2, 0) is 6.61 Å². The zero-order valence-electron chi connectivity index (χ0n) is 16.2. The minimum absolute atomic E-state index is 0.551. The largest absolute Gasteiger partial charge is 0.489 e. The Morgan fingerprint density at radius 1 is 0.833 bits per heavy atom. The maximum atomic E-state index is 5.87. The van der Waals surface area contributed by atoms with Crippen LogP contribution in [0.4, 0.5) is 11.5 Å². The normalized spacial score (nSPS) is 10.8. The maximum Gasteiger partial charge on any atom is 0.141 e. The molecule has 0 spiro atoms. The fourth-order valence-corrected chi connectivity index (χ4v) is 3.99. The molecule has 5 rings (SSSR count). The van der Waals surface area contributed by atoms with Crippen LogP contribution in [0, 0.1) is 0 Å². The molecule has 5 aromatic rings. The number of benzene rings is 3. The molecule has 2 heterocycles. The summed E-state index contributed by atoms with van der Waals surface area (Å²) in [6.45, 7) is 0.551. The van der Waals surface area contributed by atoms with Crippen molar-refractivity contribution in [2.45, 2.75) is 6.61 Å². The van der Waals surface area contributed by atoms with Crippen molar-refractivity contribution < 1.29 is 4.74 Å². The summed E-state index contributed by atoms with van der Waals surface area (Å²) < 4.78 is 5.87. The van der Waals surface area contributed by atoms with Gasteiger partial charge in [-0.05, 0) is 59.0 Å². The standard InChI is InChI=1S/C25H19N3OS/c1-2-5-18(6-3-1)16-29-21-11-9-20(10-12-21)28-25-22-15-19(24-7-4-14-30-24)8-13-23(22)26-17-27-25/h1-15,17H,16H2,(H,26,27,28). The second kappa shape index (κ2) is 8.35. The van der Waals surface area contributed by atoms with Crippen molar-refractivity contribution in [2.75, 3.05) is 5.32 Å². The Morgan fingerprint density at radius 2 is 1.70 bits per heavy atom. The molecule has 5 heteroatoms. The zero-order valence-corrected chi connectivity index (χ0v) is 17.0. The zero-order chi connectivity index (χ0) is 20.2. The minimum Gasteiger partial charge on any atom is -0.489 e. The molecule has 0 radical (unpaired) electrons. The molecule has 1 N–H and O–H groups in total. The molecule has 4 nitrogen and oxygen atoms in total. The van der Waals surface area contributed by atoms with Crippen LogP contribution in [0.2, 0.25) is 0 Å². The van der Waals surface area contributed by atoms with Crippen molar-refractivity contribution in [3.63, 3.8) is 0 Å². The summed E-state index contributed by atoms with van der Waals surface area (Å²) in [6.07, 6.45) is 1.59. The van der Waals surface area contributed by atoms with Crippen LogP contribution in [0.25, 0.3) is 21.3 Å². The average Bonchev–Trinajstić information content (AvgIpc) is 3.34. The number of nitrogens with zero attached hydrogens (tertiary/aromatic N) is 2. The molecule has 0 fully saturated rings. The van der Waals surface area contributed by atoms with E-state index in [-0.39, 0.29) is 0 Å². The fraction of sp³-hybridized carbons (Fsp3) is 0.0400. The Kier molecular flexibility index (Phi) is 5.10. The molecular weight excluding hydrogens is 390 g/mol. The molecule has 3 aromatic carbocycles. The van der Waals surface area contributed by atoms with Gasteiger partial charge in [-0.15, -0.1) is 11.3 Å². The Morgan fingerprint density at radius 3 is 2.50 bits per heavy atom. The van der Waals surface area contributed by atoms with Crippen molar-refractivity contribution in [3.8, 4) is 16.2 Å². The van der Waals surface area contributed by atoms with Crippen LogP contribution in [0.15, 0.2) is 96.6 Å². The number of fused-ring (bicyclic) bond motifs is 1. The lowest BCUT2D eigenvalue weighted by atomic mass is 10.1. The van der Waals surface area contributed by atoms with Crippen LogP contribution >= 0.6 is 11.3 Å². The van der Waals surface area contributed by atoms with Crippen LogP contribution in [-0.4, -0.2) is 9.97 Å². The van der Waals surface area contributed by atoms with Crippen molar-refractivity contribution in [3.05, 3.63) is 102 Å². The van der Waals surface area contributed by atoms with Crippen LogP contribution in [0.5, 0.6) is 5.75 Å². The lowest BCUT2D eigenvalue weighted by Crippen LogP contribution is -1.97. The molecular formula is C25H19N3OS. The van der Waals surface area contributed by atoms with Crippen LogP contribution < -0.4 is 10.1 Å². The fourth-order valence-electron chi connectivity index (χ4n) is 3.26. The quantitative estimate of drug-likeness (QED) is 0.340. The van der Waals surface area contributed by atoms with E-state index in [1.165, 1.54) is 10.4 Å². The molecule has 0 atom stereocenters. The summed E-state index contributed by atoms with van der Waals surface area (Å²) in [6, 6.07) is 28.5. The highest BCUT2D eigenvalue weighted by Crippen LogP contribution is 2.31. The van der Waals surface area contributed by atoms with Gasteiger partial charge in [-0.25, -0.2) is 9.97 Å². The highest BCUT2D eigenvalue weighted by atomic mass is 32.1. The second-order valence-corrected chi connectivity index (χ2v) is 7.80. The SMILES string of the molecule is c1ccc(COc2ccc(Nc3ncnc4ccc(-c5cccs5)cc34)cc2)cc1. The minimum atomic E-state index is 0.551. The number of ether oxygens (including phenoxy) is 1. The van der Waals surface area contributed by atoms with Gasteiger partial charge in [0.2, 0.25) is 0 Å². The number of nitrogens with one attached hydrogen (secondary N) is 1. The summed E-state index contributed by atoms with van der Waals surface area (Å²) in [5, 5.41) is 6.50. The Hall–Kier alpha value is -3.70. The second-order valence-electron chi connectivity index (χ2n) is 6.86. The van der Waals surface area contributed by atoms with Crippen LogP contribution in [0.3, 0.4) is 0 Å². The van der Waals surface area contributed by atoms with Crippen molar-refractivity contribution in [2.24, 2.45) is 0 Å². The number of rotatable bonds is 6. The third-order valence-corrected chi connectivity index (χ3v) is 5.73. The summed E-state index contributed by atoms with van der Waals surface area (Å²) in [7, 11) is 0. The third-order valence-electron chi connectivity index (χ3n) is 4.81. The van der Waals surface area contributed by atoms with E-state index in [1.807, 2.05) is 48.5 Å². The van der Waals surface area contributed by atoms with Crippen molar-refractivity contribution >= 4 is 33.7 Å². The molecule has 146 valence electrons. The molecule has 2 aromatic heterocycles. The van der Waals surface area contributed by atoms with Gasteiger partial charge in [0.15, 0.2) is 0 Å². The summed E-state index contributed by atoms with van der Waals surface area (Å²) >= 11 is 1.72. The van der Waals surface area contributed by atoms with Gasteiger partial charge < -0.3 is 10.1 Å². The highest BCUT2D eigenvalue weighted by molar-refractivity contribution is 7.13. The topological polar surface area (TPSA) is 47.0 Å². The molecule has 0 unspecified atom stereocenters. The first-order chi connectivity index (χ1) is 14.8. The lowest BCUT2D eigenvalue weighted by Gasteiger charge is -2.11. The predicted octanol–water partition coefficient (Wildman–Crippen LogP) is 6.68. The van der Waals surface area contributed by atoms with E-state index in [9.17, 15) is 0 Å². The van der Waals surface area contributed by atoms with E-state index < -0.39 is 0 Å². The summed E-state index contributed by atoms with van der Waals surface area (Å²) in [4.78, 5) is 10.1. The van der Waals surface area contributed by atoms with Crippen molar-refractivity contribution in [1.82, 2.24) is 9.97 Å². The first kappa shape index (κ1) is 18.3. The molecule has 0 bridgehead atoms. The molecule has 0 amide bonds. The molecule has 0 saturated carbocycles.